The maximum absolute atomic E-state index is 12.8. The van der Waals surface area contributed by atoms with Gasteiger partial charge in [-0.15, -0.1) is 0 Å². The molecule has 2 aromatic carbocycles. The van der Waals surface area contributed by atoms with E-state index >= 15 is 0 Å². The van der Waals surface area contributed by atoms with E-state index in [1.165, 1.54) is 16.8 Å². The maximum Gasteiger partial charge on any atom is 0.149 e. The summed E-state index contributed by atoms with van der Waals surface area (Å²) in [6, 6.07) is 21.5. The van der Waals surface area contributed by atoms with Gasteiger partial charge in [-0.2, -0.15) is 0 Å². The highest BCUT2D eigenvalue weighted by molar-refractivity contribution is 5.83. The molecule has 1 N–H and O–H groups in total. The molecular formula is C31H39N3O. The smallest absolute Gasteiger partial charge is 0.149 e. The molecule has 1 saturated heterocycles. The third-order valence-electron chi connectivity index (χ3n) is 7.16. The number of likely N-dealkylation sites (tertiary alicyclic amines) is 1. The number of hydrogen-bond donors (Lipinski definition) is 1. The van der Waals surface area contributed by atoms with Gasteiger partial charge in [-0.1, -0.05) is 85.0 Å². The first kappa shape index (κ1) is 25.2. The highest BCUT2D eigenvalue weighted by Gasteiger charge is 2.28. The standard InChI is InChI=1S/C31H39N3O/c1-26(24-34(25-28-14-8-5-9-15-28)30-16-10-2-3-11-17-30)33-20-18-29(19-21-33)31(35)23-32-22-27-12-6-4-7-13-27/h2-16,26,29,32H,17-25H2,1H3. The first-order valence-corrected chi connectivity index (χ1v) is 13.0. The summed E-state index contributed by atoms with van der Waals surface area (Å²) < 4.78 is 0. The molecule has 0 aromatic heterocycles. The molecular weight excluding hydrogens is 430 g/mol. The van der Waals surface area contributed by atoms with Crippen LogP contribution in [0, 0.1) is 5.92 Å². The summed E-state index contributed by atoms with van der Waals surface area (Å²) in [7, 11) is 0. The summed E-state index contributed by atoms with van der Waals surface area (Å²) in [5.74, 6) is 0.545. The van der Waals surface area contributed by atoms with Crippen LogP contribution in [0.4, 0.5) is 0 Å². The third kappa shape index (κ3) is 7.78. The van der Waals surface area contributed by atoms with Crippen molar-refractivity contribution in [1.29, 1.82) is 0 Å². The molecule has 4 heteroatoms. The minimum Gasteiger partial charge on any atom is -0.369 e. The molecule has 2 aliphatic rings. The first-order valence-electron chi connectivity index (χ1n) is 13.0. The van der Waals surface area contributed by atoms with Crippen LogP contribution in [-0.2, 0) is 17.9 Å². The number of nitrogens with zero attached hydrogens (tertiary/aromatic N) is 2. The molecule has 1 aliphatic carbocycles. The number of rotatable bonds is 11. The molecule has 1 heterocycles. The lowest BCUT2D eigenvalue weighted by Crippen LogP contribution is -2.47. The Bertz CT molecular complexity index is 1000. The zero-order valence-electron chi connectivity index (χ0n) is 21.0. The van der Waals surface area contributed by atoms with Crippen molar-refractivity contribution in [2.24, 2.45) is 5.92 Å². The number of carbonyl (C=O) groups is 1. The molecule has 0 bridgehead atoms. The molecule has 1 aliphatic heterocycles. The molecule has 0 amide bonds. The maximum atomic E-state index is 12.8. The van der Waals surface area contributed by atoms with E-state index in [2.05, 4.69) is 94.9 Å². The molecule has 2 aromatic rings. The Hall–Kier alpha value is -2.95. The zero-order valence-corrected chi connectivity index (χ0v) is 21.0. The van der Waals surface area contributed by atoms with Gasteiger partial charge in [0.15, 0.2) is 0 Å². The van der Waals surface area contributed by atoms with Gasteiger partial charge in [-0.05, 0) is 50.1 Å². The van der Waals surface area contributed by atoms with Gasteiger partial charge < -0.3 is 10.2 Å². The summed E-state index contributed by atoms with van der Waals surface area (Å²) in [6.07, 6.45) is 13.7. The minimum absolute atomic E-state index is 0.182. The van der Waals surface area contributed by atoms with Crippen LogP contribution >= 0.6 is 0 Å². The highest BCUT2D eigenvalue weighted by Crippen LogP contribution is 2.23. The predicted octanol–water partition coefficient (Wildman–Crippen LogP) is 5.35. The van der Waals surface area contributed by atoms with E-state index in [0.29, 0.717) is 18.4 Å². The second-order valence-electron chi connectivity index (χ2n) is 9.76. The zero-order chi connectivity index (χ0) is 24.3. The fourth-order valence-electron chi connectivity index (χ4n) is 5.05. The summed E-state index contributed by atoms with van der Waals surface area (Å²) >= 11 is 0. The molecule has 0 spiro atoms. The van der Waals surface area contributed by atoms with Crippen molar-refractivity contribution in [3.05, 3.63) is 108 Å². The number of hydrogen-bond acceptors (Lipinski definition) is 4. The van der Waals surface area contributed by atoms with E-state index in [0.717, 1.165) is 52.0 Å². The van der Waals surface area contributed by atoms with Gasteiger partial charge in [-0.25, -0.2) is 0 Å². The Labute approximate surface area is 211 Å². The van der Waals surface area contributed by atoms with Gasteiger partial charge in [-0.3, -0.25) is 9.69 Å². The summed E-state index contributed by atoms with van der Waals surface area (Å²) in [6.45, 7) is 7.45. The number of benzene rings is 2. The Morgan fingerprint density at radius 1 is 0.971 bits per heavy atom. The van der Waals surface area contributed by atoms with Crippen LogP contribution in [0.3, 0.4) is 0 Å². The fourth-order valence-corrected chi connectivity index (χ4v) is 5.05. The SMILES string of the molecule is CC(CN(Cc1ccccc1)C1=CC=CC=CC1)N1CCC(C(=O)CNCc2ccccc2)CC1. The van der Waals surface area contributed by atoms with Gasteiger partial charge in [0, 0.05) is 43.7 Å². The van der Waals surface area contributed by atoms with E-state index in [1.54, 1.807) is 0 Å². The summed E-state index contributed by atoms with van der Waals surface area (Å²) in [5, 5.41) is 3.34. The van der Waals surface area contributed by atoms with E-state index in [-0.39, 0.29) is 5.92 Å². The predicted molar refractivity (Wildman–Crippen MR) is 145 cm³/mol. The Balaban J connectivity index is 1.27. The van der Waals surface area contributed by atoms with Crippen LogP contribution in [-0.4, -0.2) is 47.8 Å². The fraction of sp³-hybridized carbons (Fsp3) is 0.387. The Morgan fingerprint density at radius 3 is 2.37 bits per heavy atom. The minimum atomic E-state index is 0.182. The average Bonchev–Trinajstić information content (AvgIpc) is 3.19. The monoisotopic (exact) mass is 469 g/mol. The number of Topliss-reactive ketones (excluding diaryl/α,β-unsaturated/α-hetero) is 1. The Morgan fingerprint density at radius 2 is 1.66 bits per heavy atom. The second kappa shape index (κ2) is 13.2. The van der Waals surface area contributed by atoms with Crippen LogP contribution in [0.25, 0.3) is 0 Å². The number of carbonyl (C=O) groups excluding carboxylic acids is 1. The number of allylic oxidation sites excluding steroid dienone is 5. The molecule has 35 heavy (non-hydrogen) atoms. The van der Waals surface area contributed by atoms with Gasteiger partial charge in [0.05, 0.1) is 6.54 Å². The van der Waals surface area contributed by atoms with Gasteiger partial charge >= 0.3 is 0 Å². The van der Waals surface area contributed by atoms with Gasteiger partial charge in [0.2, 0.25) is 0 Å². The first-order chi connectivity index (χ1) is 17.2. The van der Waals surface area contributed by atoms with Crippen molar-refractivity contribution < 1.29 is 4.79 Å². The Kier molecular flexibility index (Phi) is 9.50. The molecule has 0 saturated carbocycles. The van der Waals surface area contributed by atoms with Crippen molar-refractivity contribution >= 4 is 5.78 Å². The van der Waals surface area contributed by atoms with Gasteiger partial charge in [0.25, 0.3) is 0 Å². The van der Waals surface area contributed by atoms with Crippen molar-refractivity contribution in [2.75, 3.05) is 26.2 Å². The van der Waals surface area contributed by atoms with Crippen LogP contribution in [0.15, 0.2) is 96.7 Å². The van der Waals surface area contributed by atoms with E-state index < -0.39 is 0 Å². The van der Waals surface area contributed by atoms with E-state index in [9.17, 15) is 4.79 Å². The number of piperidine rings is 1. The lowest BCUT2D eigenvalue weighted by atomic mass is 9.91. The average molecular weight is 470 g/mol. The van der Waals surface area contributed by atoms with Gasteiger partial charge in [0.1, 0.15) is 5.78 Å². The summed E-state index contributed by atoms with van der Waals surface area (Å²) in [5.41, 5.74) is 3.92. The molecule has 4 rings (SSSR count). The van der Waals surface area contributed by atoms with Crippen LogP contribution in [0.2, 0.25) is 0 Å². The highest BCUT2D eigenvalue weighted by atomic mass is 16.1. The lowest BCUT2D eigenvalue weighted by Gasteiger charge is -2.39. The van der Waals surface area contributed by atoms with Crippen LogP contribution in [0.1, 0.15) is 37.3 Å². The van der Waals surface area contributed by atoms with Crippen LogP contribution < -0.4 is 5.32 Å². The van der Waals surface area contributed by atoms with Crippen molar-refractivity contribution in [2.45, 2.75) is 45.3 Å². The molecule has 1 fully saturated rings. The van der Waals surface area contributed by atoms with E-state index in [1.807, 2.05) is 18.2 Å². The van der Waals surface area contributed by atoms with Crippen molar-refractivity contribution in [3.8, 4) is 0 Å². The molecule has 1 atom stereocenters. The second-order valence-corrected chi connectivity index (χ2v) is 9.76. The van der Waals surface area contributed by atoms with Crippen molar-refractivity contribution in [3.63, 3.8) is 0 Å². The number of ketones is 1. The van der Waals surface area contributed by atoms with Crippen LogP contribution in [0.5, 0.6) is 0 Å². The van der Waals surface area contributed by atoms with E-state index in [4.69, 9.17) is 0 Å². The third-order valence-corrected chi connectivity index (χ3v) is 7.16. The largest absolute Gasteiger partial charge is 0.369 e. The molecule has 0 radical (unpaired) electrons. The molecule has 4 nitrogen and oxygen atoms in total. The quantitative estimate of drug-likeness (QED) is 0.481. The lowest BCUT2D eigenvalue weighted by molar-refractivity contribution is -0.123. The van der Waals surface area contributed by atoms with Crippen molar-refractivity contribution in [1.82, 2.24) is 15.1 Å². The summed E-state index contributed by atoms with van der Waals surface area (Å²) in [4.78, 5) is 17.9. The normalized spacial score (nSPS) is 17.6. The molecule has 1 unspecified atom stereocenters. The number of nitrogens with one attached hydrogen (secondary N) is 1. The molecule has 184 valence electrons. The topological polar surface area (TPSA) is 35.6 Å².